The lowest BCUT2D eigenvalue weighted by molar-refractivity contribution is 0.0302. The zero-order valence-electron chi connectivity index (χ0n) is 9.07. The van der Waals surface area contributed by atoms with Crippen molar-refractivity contribution in [3.05, 3.63) is 28.5 Å². The average molecular weight is 241 g/mol. The quantitative estimate of drug-likeness (QED) is 0.699. The molecule has 5 heteroatoms. The van der Waals surface area contributed by atoms with Gasteiger partial charge in [-0.15, -0.1) is 0 Å². The van der Waals surface area contributed by atoms with Gasteiger partial charge in [-0.3, -0.25) is 4.79 Å². The SMILES string of the molecule is Cc1ccnc(Cl)c1C(=O)N1CCOCC1. The van der Waals surface area contributed by atoms with E-state index in [0.717, 1.165) is 5.56 Å². The van der Waals surface area contributed by atoms with Gasteiger partial charge >= 0.3 is 0 Å². The third-order valence-corrected chi connectivity index (χ3v) is 2.91. The van der Waals surface area contributed by atoms with E-state index in [1.165, 1.54) is 0 Å². The fourth-order valence-corrected chi connectivity index (χ4v) is 1.99. The summed E-state index contributed by atoms with van der Waals surface area (Å²) in [5.74, 6) is -0.0566. The van der Waals surface area contributed by atoms with Gasteiger partial charge in [-0.05, 0) is 18.6 Å². The molecule has 16 heavy (non-hydrogen) atoms. The molecule has 1 aromatic heterocycles. The van der Waals surface area contributed by atoms with Crippen LogP contribution in [0.25, 0.3) is 0 Å². The average Bonchev–Trinajstić information content (AvgIpc) is 2.30. The van der Waals surface area contributed by atoms with E-state index in [1.54, 1.807) is 17.2 Å². The molecule has 2 heterocycles. The molecule has 1 fully saturated rings. The van der Waals surface area contributed by atoms with Crippen LogP contribution in [0.2, 0.25) is 5.15 Å². The number of aryl methyl sites for hydroxylation is 1. The number of halogens is 1. The number of aromatic nitrogens is 1. The van der Waals surface area contributed by atoms with Crippen molar-refractivity contribution in [1.82, 2.24) is 9.88 Å². The van der Waals surface area contributed by atoms with Gasteiger partial charge in [-0.1, -0.05) is 11.6 Å². The topological polar surface area (TPSA) is 42.4 Å². The van der Waals surface area contributed by atoms with E-state index in [1.807, 2.05) is 6.92 Å². The standard InChI is InChI=1S/C11H13ClN2O2/c1-8-2-3-13-10(12)9(8)11(15)14-4-6-16-7-5-14/h2-3H,4-7H2,1H3. The van der Waals surface area contributed by atoms with Crippen LogP contribution >= 0.6 is 11.6 Å². The summed E-state index contributed by atoms with van der Waals surface area (Å²) in [4.78, 5) is 17.9. The van der Waals surface area contributed by atoms with E-state index >= 15 is 0 Å². The lowest BCUT2D eigenvalue weighted by Crippen LogP contribution is -2.41. The number of hydrogen-bond donors (Lipinski definition) is 0. The second kappa shape index (κ2) is 4.80. The Morgan fingerprint density at radius 2 is 2.19 bits per heavy atom. The van der Waals surface area contributed by atoms with Gasteiger partial charge in [0.05, 0.1) is 18.8 Å². The first-order valence-corrected chi connectivity index (χ1v) is 5.56. The van der Waals surface area contributed by atoms with Gasteiger partial charge in [-0.25, -0.2) is 4.98 Å². The van der Waals surface area contributed by atoms with Crippen molar-refractivity contribution in [1.29, 1.82) is 0 Å². The smallest absolute Gasteiger partial charge is 0.257 e. The van der Waals surface area contributed by atoms with Crippen molar-refractivity contribution >= 4 is 17.5 Å². The van der Waals surface area contributed by atoms with E-state index in [2.05, 4.69) is 4.98 Å². The van der Waals surface area contributed by atoms with E-state index < -0.39 is 0 Å². The molecule has 0 spiro atoms. The molecule has 1 aliphatic rings. The number of rotatable bonds is 1. The highest BCUT2D eigenvalue weighted by Gasteiger charge is 2.22. The molecule has 0 N–H and O–H groups in total. The van der Waals surface area contributed by atoms with Gasteiger partial charge in [0.1, 0.15) is 5.15 Å². The third-order valence-electron chi connectivity index (χ3n) is 2.63. The highest BCUT2D eigenvalue weighted by molar-refractivity contribution is 6.32. The first-order valence-electron chi connectivity index (χ1n) is 5.18. The van der Waals surface area contributed by atoms with Crippen molar-refractivity contribution in [2.75, 3.05) is 26.3 Å². The van der Waals surface area contributed by atoms with E-state index in [0.29, 0.717) is 31.9 Å². The predicted molar refractivity (Wildman–Crippen MR) is 60.7 cm³/mol. The fraction of sp³-hybridized carbons (Fsp3) is 0.455. The summed E-state index contributed by atoms with van der Waals surface area (Å²) in [6.45, 7) is 4.26. The number of hydrogen-bond acceptors (Lipinski definition) is 3. The van der Waals surface area contributed by atoms with Crippen LogP contribution in [-0.4, -0.2) is 42.1 Å². The number of carbonyl (C=O) groups excluding carboxylic acids is 1. The summed E-state index contributed by atoms with van der Waals surface area (Å²) >= 11 is 5.95. The number of ether oxygens (including phenoxy) is 1. The lowest BCUT2D eigenvalue weighted by Gasteiger charge is -2.27. The maximum atomic E-state index is 12.2. The molecule has 4 nitrogen and oxygen atoms in total. The number of pyridine rings is 1. The molecule has 2 rings (SSSR count). The van der Waals surface area contributed by atoms with Gasteiger partial charge in [-0.2, -0.15) is 0 Å². The van der Waals surface area contributed by atoms with Crippen LogP contribution < -0.4 is 0 Å². The molecule has 0 saturated carbocycles. The number of amides is 1. The lowest BCUT2D eigenvalue weighted by atomic mass is 10.1. The van der Waals surface area contributed by atoms with E-state index in [-0.39, 0.29) is 11.1 Å². The Labute approximate surface area is 99.2 Å². The normalized spacial score (nSPS) is 16.2. The van der Waals surface area contributed by atoms with Crippen molar-refractivity contribution in [2.45, 2.75) is 6.92 Å². The predicted octanol–water partition coefficient (Wildman–Crippen LogP) is 1.52. The monoisotopic (exact) mass is 240 g/mol. The Kier molecular flexibility index (Phi) is 3.41. The summed E-state index contributed by atoms with van der Waals surface area (Å²) in [5, 5.41) is 0.275. The first kappa shape index (κ1) is 11.4. The molecule has 0 aliphatic carbocycles. The second-order valence-electron chi connectivity index (χ2n) is 3.70. The maximum absolute atomic E-state index is 12.2. The summed E-state index contributed by atoms with van der Waals surface area (Å²) in [5.41, 5.74) is 1.36. The third kappa shape index (κ3) is 2.18. The van der Waals surface area contributed by atoms with Crippen LogP contribution in [0, 0.1) is 6.92 Å². The fourth-order valence-electron chi connectivity index (χ4n) is 1.71. The number of morpholine rings is 1. The molecule has 86 valence electrons. The van der Waals surface area contributed by atoms with Crippen molar-refractivity contribution in [2.24, 2.45) is 0 Å². The Morgan fingerprint density at radius 1 is 1.50 bits per heavy atom. The Morgan fingerprint density at radius 3 is 2.81 bits per heavy atom. The Hall–Kier alpha value is -1.13. The second-order valence-corrected chi connectivity index (χ2v) is 4.06. The highest BCUT2D eigenvalue weighted by Crippen LogP contribution is 2.19. The summed E-state index contributed by atoms with van der Waals surface area (Å²) in [7, 11) is 0. The maximum Gasteiger partial charge on any atom is 0.257 e. The molecule has 0 unspecified atom stereocenters. The molecule has 0 bridgehead atoms. The molecule has 1 amide bonds. The minimum Gasteiger partial charge on any atom is -0.378 e. The molecule has 1 aliphatic heterocycles. The number of carbonyl (C=O) groups is 1. The van der Waals surface area contributed by atoms with Crippen LogP contribution in [0.5, 0.6) is 0 Å². The van der Waals surface area contributed by atoms with Crippen molar-refractivity contribution < 1.29 is 9.53 Å². The minimum absolute atomic E-state index is 0.0566. The van der Waals surface area contributed by atoms with Crippen LogP contribution in [-0.2, 0) is 4.74 Å². The summed E-state index contributed by atoms with van der Waals surface area (Å²) in [6, 6.07) is 1.79. The van der Waals surface area contributed by atoms with E-state index in [9.17, 15) is 4.79 Å². The zero-order valence-corrected chi connectivity index (χ0v) is 9.83. The van der Waals surface area contributed by atoms with Crippen LogP contribution in [0.4, 0.5) is 0 Å². The largest absolute Gasteiger partial charge is 0.378 e. The first-order chi connectivity index (χ1) is 7.70. The Balaban J connectivity index is 2.26. The van der Waals surface area contributed by atoms with Crippen LogP contribution in [0.3, 0.4) is 0 Å². The molecule has 0 radical (unpaired) electrons. The van der Waals surface area contributed by atoms with Crippen molar-refractivity contribution in [3.8, 4) is 0 Å². The minimum atomic E-state index is -0.0566. The van der Waals surface area contributed by atoms with Crippen molar-refractivity contribution in [3.63, 3.8) is 0 Å². The highest BCUT2D eigenvalue weighted by atomic mass is 35.5. The van der Waals surface area contributed by atoms with Crippen LogP contribution in [0.1, 0.15) is 15.9 Å². The van der Waals surface area contributed by atoms with Gasteiger partial charge in [0, 0.05) is 19.3 Å². The molecular weight excluding hydrogens is 228 g/mol. The van der Waals surface area contributed by atoms with Gasteiger partial charge < -0.3 is 9.64 Å². The summed E-state index contributed by atoms with van der Waals surface area (Å²) < 4.78 is 5.20. The summed E-state index contributed by atoms with van der Waals surface area (Å²) in [6.07, 6.45) is 1.60. The number of nitrogens with zero attached hydrogens (tertiary/aromatic N) is 2. The van der Waals surface area contributed by atoms with Crippen LogP contribution in [0.15, 0.2) is 12.3 Å². The molecular formula is C11H13ClN2O2. The van der Waals surface area contributed by atoms with Gasteiger partial charge in [0.25, 0.3) is 5.91 Å². The molecule has 0 aromatic carbocycles. The molecule has 1 saturated heterocycles. The zero-order chi connectivity index (χ0) is 11.5. The van der Waals surface area contributed by atoms with Gasteiger partial charge in [0.2, 0.25) is 0 Å². The Bertz CT molecular complexity index is 383. The molecule has 1 aromatic rings. The van der Waals surface area contributed by atoms with Gasteiger partial charge in [0.15, 0.2) is 0 Å². The van der Waals surface area contributed by atoms with E-state index in [4.69, 9.17) is 16.3 Å². The molecule has 0 atom stereocenters.